The van der Waals surface area contributed by atoms with Crippen LogP contribution in [-0.2, 0) is 14.3 Å². The molecule has 4 unspecified atom stereocenters. The topological polar surface area (TPSA) is 102 Å². The van der Waals surface area contributed by atoms with Gasteiger partial charge < -0.3 is 24.4 Å². The molecule has 0 aromatic heterocycles. The van der Waals surface area contributed by atoms with E-state index in [0.717, 1.165) is 38.5 Å². The van der Waals surface area contributed by atoms with Gasteiger partial charge in [-0.1, -0.05) is 127 Å². The van der Waals surface area contributed by atoms with Crippen LogP contribution < -0.4 is 9.47 Å². The molecule has 0 aliphatic carbocycles. The van der Waals surface area contributed by atoms with Crippen molar-refractivity contribution in [2.45, 2.75) is 141 Å². The van der Waals surface area contributed by atoms with Crippen LogP contribution in [0.15, 0.2) is 60.7 Å². The summed E-state index contributed by atoms with van der Waals surface area (Å²) < 4.78 is 18.4. The minimum Gasteiger partial charge on any atom is -0.479 e. The number of ether oxygens (including phenoxy) is 3. The second kappa shape index (κ2) is 22.5. The van der Waals surface area contributed by atoms with Crippen molar-refractivity contribution in [1.82, 2.24) is 0 Å². The lowest BCUT2D eigenvalue weighted by Crippen LogP contribution is -2.37. The minimum absolute atomic E-state index is 0.184. The summed E-state index contributed by atoms with van der Waals surface area (Å²) in [6.45, 7) is 4.39. The third-order valence-electron chi connectivity index (χ3n) is 7.69. The van der Waals surface area contributed by atoms with Gasteiger partial charge in [-0.25, -0.2) is 9.59 Å². The van der Waals surface area contributed by atoms with Crippen LogP contribution in [0.25, 0.3) is 0 Å². The first-order valence-electron chi connectivity index (χ1n) is 16.5. The molecule has 0 saturated carbocycles. The molecule has 7 nitrogen and oxygen atoms in total. The number of hydrogen-bond donors (Lipinski definition) is 2. The van der Waals surface area contributed by atoms with Gasteiger partial charge in [-0.05, 0) is 37.1 Å². The van der Waals surface area contributed by atoms with Crippen LogP contribution >= 0.6 is 0 Å². The van der Waals surface area contributed by atoms with Crippen molar-refractivity contribution in [1.29, 1.82) is 0 Å². The van der Waals surface area contributed by atoms with Crippen molar-refractivity contribution in [3.05, 3.63) is 60.7 Å². The van der Waals surface area contributed by atoms with Gasteiger partial charge in [0.05, 0.1) is 12.2 Å². The Morgan fingerprint density at radius 1 is 0.558 bits per heavy atom. The van der Waals surface area contributed by atoms with E-state index in [1.807, 2.05) is 36.4 Å². The van der Waals surface area contributed by atoms with Gasteiger partial charge in [0.1, 0.15) is 11.5 Å². The van der Waals surface area contributed by atoms with Crippen molar-refractivity contribution in [3.8, 4) is 11.5 Å². The summed E-state index contributed by atoms with van der Waals surface area (Å²) in [5.41, 5.74) is 0. The number of carboxylic acid groups (broad SMARTS) is 2. The average Bonchev–Trinajstić information content (AvgIpc) is 3.00. The molecule has 0 spiro atoms. The number of benzene rings is 2. The molecule has 0 aliphatic rings. The highest BCUT2D eigenvalue weighted by Crippen LogP contribution is 2.25. The van der Waals surface area contributed by atoms with Gasteiger partial charge in [0.25, 0.3) is 0 Å². The van der Waals surface area contributed by atoms with E-state index in [4.69, 9.17) is 14.2 Å². The van der Waals surface area contributed by atoms with Gasteiger partial charge >= 0.3 is 11.9 Å². The number of rotatable bonds is 26. The number of hydrogen-bond acceptors (Lipinski definition) is 5. The summed E-state index contributed by atoms with van der Waals surface area (Å²) in [4.78, 5) is 24.5. The van der Waals surface area contributed by atoms with Crippen LogP contribution in [-0.4, -0.2) is 46.6 Å². The molecule has 43 heavy (non-hydrogen) atoms. The van der Waals surface area contributed by atoms with Crippen LogP contribution in [0.1, 0.15) is 117 Å². The Balaban J connectivity index is 2.18. The summed E-state index contributed by atoms with van der Waals surface area (Å²) in [6, 6.07) is 18.0. The molecule has 2 rings (SSSR count). The highest BCUT2D eigenvalue weighted by atomic mass is 16.5. The van der Waals surface area contributed by atoms with E-state index in [9.17, 15) is 19.8 Å². The van der Waals surface area contributed by atoms with Crippen LogP contribution in [0.4, 0.5) is 0 Å². The Kier molecular flexibility index (Phi) is 18.9. The van der Waals surface area contributed by atoms with Gasteiger partial charge in [-0.2, -0.15) is 0 Å². The molecule has 0 radical (unpaired) electrons. The van der Waals surface area contributed by atoms with E-state index < -0.39 is 24.1 Å². The molecular weight excluding hydrogens is 544 g/mol. The quantitative estimate of drug-likeness (QED) is 0.104. The molecule has 2 aromatic rings. The molecule has 0 fully saturated rings. The number of unbranched alkanes of at least 4 members (excludes halogenated alkanes) is 10. The fourth-order valence-electron chi connectivity index (χ4n) is 5.26. The van der Waals surface area contributed by atoms with Gasteiger partial charge in [0, 0.05) is 12.8 Å². The lowest BCUT2D eigenvalue weighted by molar-refractivity contribution is -0.150. The molecule has 2 aromatic carbocycles. The van der Waals surface area contributed by atoms with Crippen LogP contribution in [0.3, 0.4) is 0 Å². The maximum absolute atomic E-state index is 12.3. The second-order valence-electron chi connectivity index (χ2n) is 11.5. The predicted octanol–water partition coefficient (Wildman–Crippen LogP) is 9.09. The fourth-order valence-corrected chi connectivity index (χ4v) is 5.26. The molecule has 0 saturated heterocycles. The average molecular weight is 599 g/mol. The fraction of sp³-hybridized carbons (Fsp3) is 0.611. The monoisotopic (exact) mass is 598 g/mol. The zero-order valence-electron chi connectivity index (χ0n) is 26.3. The SMILES string of the molecule is CCCCCCCCC(CC(Oc1ccccc1)C(=O)O)OC(CCCCCCCC)CC(Oc1ccccc1)C(=O)O. The first-order valence-corrected chi connectivity index (χ1v) is 16.5. The molecule has 0 heterocycles. The zero-order valence-corrected chi connectivity index (χ0v) is 26.3. The van der Waals surface area contributed by atoms with Crippen LogP contribution in [0.5, 0.6) is 11.5 Å². The normalized spacial score (nSPS) is 14.0. The largest absolute Gasteiger partial charge is 0.479 e. The molecule has 0 aliphatic heterocycles. The van der Waals surface area contributed by atoms with Crippen molar-refractivity contribution in [2.24, 2.45) is 0 Å². The zero-order chi connectivity index (χ0) is 31.1. The van der Waals surface area contributed by atoms with Crippen LogP contribution in [0.2, 0.25) is 0 Å². The third-order valence-corrected chi connectivity index (χ3v) is 7.69. The number of carbonyl (C=O) groups is 2. The van der Waals surface area contributed by atoms with E-state index in [2.05, 4.69) is 13.8 Å². The summed E-state index contributed by atoms with van der Waals surface area (Å²) in [6.07, 6.45) is 12.2. The van der Waals surface area contributed by atoms with Crippen molar-refractivity contribution in [3.63, 3.8) is 0 Å². The highest BCUT2D eigenvalue weighted by molar-refractivity contribution is 5.73. The second-order valence-corrected chi connectivity index (χ2v) is 11.5. The smallest absolute Gasteiger partial charge is 0.344 e. The van der Waals surface area contributed by atoms with Crippen LogP contribution in [0, 0.1) is 0 Å². The summed E-state index contributed by atoms with van der Waals surface area (Å²) in [7, 11) is 0. The Morgan fingerprint density at radius 2 is 0.907 bits per heavy atom. The van der Waals surface area contributed by atoms with E-state index in [0.29, 0.717) is 24.3 Å². The highest BCUT2D eigenvalue weighted by Gasteiger charge is 2.30. The maximum atomic E-state index is 12.3. The summed E-state index contributed by atoms with van der Waals surface area (Å²) in [5.74, 6) is -1.08. The Labute approximate surface area is 258 Å². The standard InChI is InChI=1S/C36H54O7/c1-3-5-7-9-11-15-25-31(27-33(35(37)38)42-29-21-17-13-18-22-29)41-32(26-16-12-10-8-6-4-2)28-34(36(39)40)43-30-23-19-14-20-24-30/h13-14,17-24,31-34H,3-12,15-16,25-28H2,1-2H3,(H,37,38)(H,39,40). The van der Waals surface area contributed by atoms with E-state index >= 15 is 0 Å². The molecule has 4 atom stereocenters. The van der Waals surface area contributed by atoms with Crippen molar-refractivity contribution in [2.75, 3.05) is 0 Å². The molecule has 7 heteroatoms. The predicted molar refractivity (Wildman–Crippen MR) is 171 cm³/mol. The number of carboxylic acids is 2. The summed E-state index contributed by atoms with van der Waals surface area (Å²) in [5, 5.41) is 20.1. The van der Waals surface area contributed by atoms with Crippen molar-refractivity contribution < 1.29 is 34.0 Å². The van der Waals surface area contributed by atoms with Gasteiger partial charge in [-0.15, -0.1) is 0 Å². The number of para-hydroxylation sites is 2. The molecule has 2 N–H and O–H groups in total. The Morgan fingerprint density at radius 3 is 1.26 bits per heavy atom. The Hall–Kier alpha value is -3.06. The lowest BCUT2D eigenvalue weighted by Gasteiger charge is -2.29. The number of aliphatic carboxylic acids is 2. The minimum atomic E-state index is -1.07. The van der Waals surface area contributed by atoms with E-state index in [1.165, 1.54) is 38.5 Å². The first kappa shape index (κ1) is 36.1. The summed E-state index contributed by atoms with van der Waals surface area (Å²) >= 11 is 0. The third kappa shape index (κ3) is 16.4. The molecule has 0 bridgehead atoms. The Bertz CT molecular complexity index is 902. The van der Waals surface area contributed by atoms with Gasteiger partial charge in [0.2, 0.25) is 0 Å². The molecule has 240 valence electrons. The maximum Gasteiger partial charge on any atom is 0.344 e. The lowest BCUT2D eigenvalue weighted by atomic mass is 10.00. The molecular formula is C36H54O7. The van der Waals surface area contributed by atoms with E-state index in [1.54, 1.807) is 24.3 Å². The van der Waals surface area contributed by atoms with Gasteiger partial charge in [-0.3, -0.25) is 0 Å². The van der Waals surface area contributed by atoms with E-state index in [-0.39, 0.29) is 25.0 Å². The van der Waals surface area contributed by atoms with Crippen molar-refractivity contribution >= 4 is 11.9 Å². The molecule has 0 amide bonds. The van der Waals surface area contributed by atoms with Gasteiger partial charge in [0.15, 0.2) is 12.2 Å². The first-order chi connectivity index (χ1) is 20.9.